The lowest BCUT2D eigenvalue weighted by Crippen LogP contribution is -2.59. The molecule has 1 amide bonds. The molecule has 0 aromatic heterocycles. The Labute approximate surface area is 167 Å². The number of hydrogen-bond donors (Lipinski definition) is 2. The summed E-state index contributed by atoms with van der Waals surface area (Å²) in [5.74, 6) is -0.296. The van der Waals surface area contributed by atoms with E-state index in [0.717, 1.165) is 13.1 Å². The Morgan fingerprint density at radius 2 is 2.11 bits per heavy atom. The fourth-order valence-corrected chi connectivity index (χ4v) is 5.78. The number of piperidine rings is 1. The lowest BCUT2D eigenvalue weighted by atomic mass is 9.90. The number of amidine groups is 1. The molecule has 2 heterocycles. The number of rotatable bonds is 4. The van der Waals surface area contributed by atoms with Crippen LogP contribution in [0.3, 0.4) is 0 Å². The third-order valence-electron chi connectivity index (χ3n) is 5.58. The number of benzene rings is 1. The predicted molar refractivity (Wildman–Crippen MR) is 108 cm³/mol. The highest BCUT2D eigenvalue weighted by Gasteiger charge is 2.50. The van der Waals surface area contributed by atoms with Gasteiger partial charge in [0.05, 0.1) is 11.3 Å². The van der Waals surface area contributed by atoms with E-state index in [-0.39, 0.29) is 23.8 Å². The molecule has 0 saturated carbocycles. The Morgan fingerprint density at radius 1 is 1.43 bits per heavy atom. The van der Waals surface area contributed by atoms with E-state index in [2.05, 4.69) is 15.2 Å². The Hall–Kier alpha value is -1.84. The van der Waals surface area contributed by atoms with Gasteiger partial charge in [-0.2, -0.15) is 0 Å². The van der Waals surface area contributed by atoms with Gasteiger partial charge in [-0.1, -0.05) is 0 Å². The molecule has 1 aromatic carbocycles. The molecule has 2 atom stereocenters. The second-order valence-corrected chi connectivity index (χ2v) is 9.50. The number of ether oxygens (including phenoxy) is 1. The first kappa shape index (κ1) is 20.9. The highest BCUT2D eigenvalue weighted by molar-refractivity contribution is 7.87. The van der Waals surface area contributed by atoms with Crippen LogP contribution in [0.1, 0.15) is 25.3 Å². The van der Waals surface area contributed by atoms with Crippen LogP contribution < -0.4 is 11.1 Å². The van der Waals surface area contributed by atoms with Crippen LogP contribution in [0.25, 0.3) is 0 Å². The summed E-state index contributed by atoms with van der Waals surface area (Å²) in [7, 11) is 2.16. The van der Waals surface area contributed by atoms with Gasteiger partial charge in [0.25, 0.3) is 0 Å². The van der Waals surface area contributed by atoms with Crippen molar-refractivity contribution >= 4 is 28.2 Å². The molecule has 3 rings (SSSR count). The molecule has 1 saturated heterocycles. The molecule has 0 radical (unpaired) electrons. The van der Waals surface area contributed by atoms with Crippen LogP contribution in [0.4, 0.5) is 10.1 Å². The summed E-state index contributed by atoms with van der Waals surface area (Å²) in [5, 5.41) is 2.66. The van der Waals surface area contributed by atoms with E-state index in [1.54, 1.807) is 6.92 Å². The minimum atomic E-state index is -1.29. The number of nitrogens with two attached hydrogens (primary N) is 1. The quantitative estimate of drug-likeness (QED) is 0.778. The summed E-state index contributed by atoms with van der Waals surface area (Å²) in [6, 6.07) is 4.28. The van der Waals surface area contributed by atoms with Crippen molar-refractivity contribution in [3.63, 3.8) is 0 Å². The highest BCUT2D eigenvalue weighted by atomic mass is 32.2. The third kappa shape index (κ3) is 3.83. The van der Waals surface area contributed by atoms with Crippen LogP contribution in [0, 0.1) is 5.82 Å². The maximum Gasteiger partial charge on any atom is 0.250 e. The van der Waals surface area contributed by atoms with Crippen molar-refractivity contribution in [1.82, 2.24) is 4.90 Å². The Balaban J connectivity index is 1.94. The summed E-state index contributed by atoms with van der Waals surface area (Å²) < 4.78 is 32.1. The van der Waals surface area contributed by atoms with E-state index in [1.807, 2.05) is 7.05 Å². The molecule has 9 heteroatoms. The van der Waals surface area contributed by atoms with Gasteiger partial charge in [0.1, 0.15) is 23.0 Å². The molecule has 2 aliphatic rings. The standard InChI is InChI=1S/C19H27FN4O3S/c1-18(14-10-13(4-5-15(14)20)22-16(25)11-27-3)12-28(26)19(17(21)23-18)6-8-24(2)9-7-19/h4-5,10H,6-9,11-12H2,1-3H3,(H2,21,23)(H,22,25). The van der Waals surface area contributed by atoms with Gasteiger partial charge >= 0.3 is 0 Å². The molecular weight excluding hydrogens is 383 g/mol. The van der Waals surface area contributed by atoms with Crippen molar-refractivity contribution in [2.24, 2.45) is 10.7 Å². The number of carbonyl (C=O) groups excluding carboxylic acids is 1. The van der Waals surface area contributed by atoms with Gasteiger partial charge in [-0.3, -0.25) is 14.0 Å². The SMILES string of the molecule is COCC(=O)Nc1ccc(F)c(C2(C)CS(=O)C3(CCN(C)CC3)C(N)=N2)c1. The molecule has 154 valence electrons. The second-order valence-electron chi connectivity index (χ2n) is 7.73. The van der Waals surface area contributed by atoms with E-state index >= 15 is 0 Å². The zero-order valence-electron chi connectivity index (χ0n) is 16.5. The average molecular weight is 411 g/mol. The van der Waals surface area contributed by atoms with Crippen LogP contribution in [0.2, 0.25) is 0 Å². The van der Waals surface area contributed by atoms with Crippen LogP contribution in [-0.2, 0) is 25.9 Å². The third-order valence-corrected chi connectivity index (χ3v) is 7.90. The number of hydrogen-bond acceptors (Lipinski definition) is 6. The van der Waals surface area contributed by atoms with E-state index in [1.165, 1.54) is 25.3 Å². The number of carbonyl (C=O) groups is 1. The normalized spacial score (nSPS) is 27.4. The van der Waals surface area contributed by atoms with Gasteiger partial charge in [0.15, 0.2) is 0 Å². The predicted octanol–water partition coefficient (Wildman–Crippen LogP) is 1.21. The van der Waals surface area contributed by atoms with E-state index in [4.69, 9.17) is 10.5 Å². The lowest BCUT2D eigenvalue weighted by Gasteiger charge is -2.45. The lowest BCUT2D eigenvalue weighted by molar-refractivity contribution is -0.119. The molecule has 2 aliphatic heterocycles. The molecule has 28 heavy (non-hydrogen) atoms. The molecule has 1 spiro atoms. The monoisotopic (exact) mass is 410 g/mol. The number of amides is 1. The first-order chi connectivity index (χ1) is 13.2. The molecule has 1 aromatic rings. The maximum atomic E-state index is 14.7. The van der Waals surface area contributed by atoms with Crippen molar-refractivity contribution in [3.05, 3.63) is 29.6 Å². The van der Waals surface area contributed by atoms with Gasteiger partial charge in [-0.15, -0.1) is 0 Å². The van der Waals surface area contributed by atoms with Gasteiger partial charge < -0.3 is 20.7 Å². The van der Waals surface area contributed by atoms with Crippen molar-refractivity contribution in [2.45, 2.75) is 30.1 Å². The number of methoxy groups -OCH3 is 1. The number of anilines is 1. The summed E-state index contributed by atoms with van der Waals surface area (Å²) >= 11 is 0. The minimum absolute atomic E-state index is 0.101. The first-order valence-electron chi connectivity index (χ1n) is 9.22. The van der Waals surface area contributed by atoms with Crippen molar-refractivity contribution in [3.8, 4) is 0 Å². The van der Waals surface area contributed by atoms with Crippen molar-refractivity contribution in [1.29, 1.82) is 0 Å². The fourth-order valence-electron chi connectivity index (χ4n) is 3.86. The van der Waals surface area contributed by atoms with E-state index < -0.39 is 26.9 Å². The topological polar surface area (TPSA) is 97.0 Å². The average Bonchev–Trinajstić information content (AvgIpc) is 2.63. The largest absolute Gasteiger partial charge is 0.386 e. The Bertz CT molecular complexity index is 823. The Morgan fingerprint density at radius 3 is 2.71 bits per heavy atom. The van der Waals surface area contributed by atoms with Gasteiger partial charge in [-0.05, 0) is 58.1 Å². The summed E-state index contributed by atoms with van der Waals surface area (Å²) in [6.07, 6.45) is 1.36. The van der Waals surface area contributed by atoms with Crippen molar-refractivity contribution in [2.75, 3.05) is 44.9 Å². The highest BCUT2D eigenvalue weighted by Crippen LogP contribution is 2.40. The number of nitrogens with one attached hydrogen (secondary N) is 1. The minimum Gasteiger partial charge on any atom is -0.386 e. The van der Waals surface area contributed by atoms with Gasteiger partial charge in [0, 0.05) is 29.2 Å². The first-order valence-corrected chi connectivity index (χ1v) is 10.5. The van der Waals surface area contributed by atoms with Crippen LogP contribution in [0.15, 0.2) is 23.2 Å². The molecule has 3 N–H and O–H groups in total. The molecule has 2 unspecified atom stereocenters. The summed E-state index contributed by atoms with van der Waals surface area (Å²) in [5.41, 5.74) is 5.97. The second kappa shape index (κ2) is 7.88. The van der Waals surface area contributed by atoms with Crippen LogP contribution >= 0.6 is 0 Å². The summed E-state index contributed by atoms with van der Waals surface area (Å²) in [6.45, 7) is 3.23. The number of nitrogens with zero attached hydrogens (tertiary/aromatic N) is 2. The summed E-state index contributed by atoms with van der Waals surface area (Å²) in [4.78, 5) is 18.6. The van der Waals surface area contributed by atoms with Gasteiger partial charge in [-0.25, -0.2) is 4.39 Å². The zero-order chi connectivity index (χ0) is 20.5. The van der Waals surface area contributed by atoms with E-state index in [9.17, 15) is 13.4 Å². The van der Waals surface area contributed by atoms with Gasteiger partial charge in [0.2, 0.25) is 5.91 Å². The van der Waals surface area contributed by atoms with Crippen LogP contribution in [-0.4, -0.2) is 65.2 Å². The molecular formula is C19H27FN4O3S. The van der Waals surface area contributed by atoms with Crippen LogP contribution in [0.5, 0.6) is 0 Å². The zero-order valence-corrected chi connectivity index (χ0v) is 17.3. The molecule has 7 nitrogen and oxygen atoms in total. The maximum absolute atomic E-state index is 14.7. The van der Waals surface area contributed by atoms with Crippen molar-refractivity contribution < 1.29 is 18.1 Å². The number of likely N-dealkylation sites (tertiary alicyclic amines) is 1. The molecule has 1 fully saturated rings. The number of halogens is 1. The molecule has 0 aliphatic carbocycles. The fraction of sp³-hybridized carbons (Fsp3) is 0.579. The number of aliphatic imine (C=N–C) groups is 1. The van der Waals surface area contributed by atoms with E-state index in [0.29, 0.717) is 24.4 Å². The smallest absolute Gasteiger partial charge is 0.250 e. The Kier molecular flexibility index (Phi) is 5.88. The molecule has 0 bridgehead atoms.